The van der Waals surface area contributed by atoms with Gasteiger partial charge in [0.15, 0.2) is 11.0 Å². The van der Waals surface area contributed by atoms with Crippen LogP contribution in [0.5, 0.6) is 0 Å². The third kappa shape index (κ3) is 4.56. The predicted octanol–water partition coefficient (Wildman–Crippen LogP) is 2.67. The lowest BCUT2D eigenvalue weighted by Crippen LogP contribution is -2.20. The molecule has 0 aliphatic rings. The van der Waals surface area contributed by atoms with Crippen LogP contribution in [-0.4, -0.2) is 44.4 Å². The highest BCUT2D eigenvalue weighted by Crippen LogP contribution is 2.23. The molecule has 0 spiro atoms. The van der Waals surface area contributed by atoms with Crippen molar-refractivity contribution < 1.29 is 9.84 Å². The Labute approximate surface area is 135 Å². The normalized spacial score (nSPS) is 12.8. The smallest absolute Gasteiger partial charge is 0.191 e. The molecule has 1 aromatic carbocycles. The van der Waals surface area contributed by atoms with Gasteiger partial charge in [-0.2, -0.15) is 0 Å². The Morgan fingerprint density at radius 2 is 2.09 bits per heavy atom. The molecule has 0 radical (unpaired) electrons. The van der Waals surface area contributed by atoms with E-state index in [4.69, 9.17) is 4.74 Å². The van der Waals surface area contributed by atoms with Crippen LogP contribution in [0.15, 0.2) is 29.4 Å². The number of aliphatic hydroxyl groups excluding tert-OH is 1. The Balaban J connectivity index is 1.99. The van der Waals surface area contributed by atoms with Crippen molar-refractivity contribution in [3.8, 4) is 11.4 Å². The molecule has 0 aliphatic heterocycles. The van der Waals surface area contributed by atoms with Gasteiger partial charge in [0, 0.05) is 18.4 Å². The van der Waals surface area contributed by atoms with Crippen LogP contribution in [0, 0.1) is 6.92 Å². The maximum absolute atomic E-state index is 9.91. The van der Waals surface area contributed by atoms with E-state index in [2.05, 4.69) is 29.3 Å². The third-order valence-electron chi connectivity index (χ3n) is 3.14. The average Bonchev–Trinajstić information content (AvgIpc) is 2.84. The van der Waals surface area contributed by atoms with Gasteiger partial charge in [0.1, 0.15) is 0 Å². The Morgan fingerprint density at radius 3 is 2.77 bits per heavy atom. The monoisotopic (exact) mass is 321 g/mol. The summed E-state index contributed by atoms with van der Waals surface area (Å²) in [6.07, 6.45) is -0.381. The summed E-state index contributed by atoms with van der Waals surface area (Å²) in [6, 6.07) is 8.18. The maximum atomic E-state index is 9.91. The van der Waals surface area contributed by atoms with Crippen molar-refractivity contribution in [1.29, 1.82) is 0 Å². The van der Waals surface area contributed by atoms with Gasteiger partial charge in [0.2, 0.25) is 0 Å². The minimum absolute atomic E-state index is 0.127. The lowest BCUT2D eigenvalue weighted by Gasteiger charge is -2.12. The van der Waals surface area contributed by atoms with E-state index in [1.165, 1.54) is 17.3 Å². The number of benzene rings is 1. The highest BCUT2D eigenvalue weighted by molar-refractivity contribution is 7.99. The number of hydrogen-bond acceptors (Lipinski definition) is 5. The van der Waals surface area contributed by atoms with E-state index in [0.717, 1.165) is 16.5 Å². The third-order valence-corrected chi connectivity index (χ3v) is 4.30. The first kappa shape index (κ1) is 17.0. The number of nitrogens with zero attached hydrogens (tertiary/aromatic N) is 3. The maximum Gasteiger partial charge on any atom is 0.191 e. The Kier molecular flexibility index (Phi) is 5.99. The number of aliphatic hydroxyl groups is 1. The predicted molar refractivity (Wildman–Crippen MR) is 89.0 cm³/mol. The summed E-state index contributed by atoms with van der Waals surface area (Å²) in [5.41, 5.74) is 2.24. The zero-order valence-corrected chi connectivity index (χ0v) is 14.3. The minimum atomic E-state index is -0.508. The van der Waals surface area contributed by atoms with E-state index in [-0.39, 0.29) is 6.10 Å². The number of rotatable bonds is 7. The van der Waals surface area contributed by atoms with Crippen molar-refractivity contribution >= 4 is 11.8 Å². The van der Waals surface area contributed by atoms with Crippen molar-refractivity contribution in [2.45, 2.75) is 38.1 Å². The van der Waals surface area contributed by atoms with E-state index in [0.29, 0.717) is 12.4 Å². The first-order valence-corrected chi connectivity index (χ1v) is 8.35. The van der Waals surface area contributed by atoms with Gasteiger partial charge in [-0.15, -0.1) is 10.2 Å². The van der Waals surface area contributed by atoms with Gasteiger partial charge in [-0.05, 0) is 26.8 Å². The molecule has 120 valence electrons. The first-order chi connectivity index (χ1) is 10.5. The van der Waals surface area contributed by atoms with Crippen LogP contribution in [0.3, 0.4) is 0 Å². The van der Waals surface area contributed by atoms with E-state index in [1.54, 1.807) is 0 Å². The molecule has 6 heteroatoms. The molecular weight excluding hydrogens is 298 g/mol. The Bertz CT molecular complexity index is 613. The fourth-order valence-electron chi connectivity index (χ4n) is 2.00. The van der Waals surface area contributed by atoms with Crippen LogP contribution in [-0.2, 0) is 11.8 Å². The van der Waals surface area contributed by atoms with E-state index in [9.17, 15) is 5.11 Å². The summed E-state index contributed by atoms with van der Waals surface area (Å²) in [6.45, 7) is 6.31. The molecule has 2 aromatic rings. The van der Waals surface area contributed by atoms with Gasteiger partial charge in [0.05, 0.1) is 18.8 Å². The quantitative estimate of drug-likeness (QED) is 0.795. The molecule has 22 heavy (non-hydrogen) atoms. The Hall–Kier alpha value is -1.37. The summed E-state index contributed by atoms with van der Waals surface area (Å²) in [5, 5.41) is 19.2. The largest absolute Gasteiger partial charge is 0.390 e. The van der Waals surface area contributed by atoms with Gasteiger partial charge in [-0.3, -0.25) is 0 Å². The number of aromatic nitrogens is 3. The van der Waals surface area contributed by atoms with Gasteiger partial charge in [-0.1, -0.05) is 35.5 Å². The molecule has 0 aliphatic carbocycles. The van der Waals surface area contributed by atoms with Crippen LogP contribution in [0.2, 0.25) is 0 Å². The topological polar surface area (TPSA) is 60.2 Å². The van der Waals surface area contributed by atoms with Crippen molar-refractivity contribution in [3.63, 3.8) is 0 Å². The van der Waals surface area contributed by atoms with Gasteiger partial charge >= 0.3 is 0 Å². The van der Waals surface area contributed by atoms with Gasteiger partial charge in [-0.25, -0.2) is 0 Å². The van der Waals surface area contributed by atoms with E-state index in [1.807, 2.05) is 37.6 Å². The zero-order valence-electron chi connectivity index (χ0n) is 13.5. The zero-order chi connectivity index (χ0) is 16.1. The van der Waals surface area contributed by atoms with E-state index < -0.39 is 6.10 Å². The number of aryl methyl sites for hydroxylation is 1. The molecule has 0 saturated carbocycles. The summed E-state index contributed by atoms with van der Waals surface area (Å²) < 4.78 is 7.36. The lowest BCUT2D eigenvalue weighted by molar-refractivity contribution is 0.0152. The van der Waals surface area contributed by atoms with Crippen molar-refractivity contribution in [2.75, 3.05) is 12.4 Å². The van der Waals surface area contributed by atoms with Crippen LogP contribution in [0.25, 0.3) is 11.4 Å². The van der Waals surface area contributed by atoms with Crippen LogP contribution < -0.4 is 0 Å². The standard InChI is InChI=1S/C16H23N3O2S/c1-11(2)21-9-14(20)10-22-16-18-17-15(19(16)4)13-7-5-6-12(3)8-13/h5-8,11,14,20H,9-10H2,1-4H3. The SMILES string of the molecule is Cc1cccc(-c2nnc(SCC(O)COC(C)C)n2C)c1. The number of ether oxygens (including phenoxy) is 1. The van der Waals surface area contributed by atoms with Gasteiger partial charge in [0.25, 0.3) is 0 Å². The lowest BCUT2D eigenvalue weighted by atomic mass is 10.1. The fraction of sp³-hybridized carbons (Fsp3) is 0.500. The molecule has 0 fully saturated rings. The van der Waals surface area contributed by atoms with Crippen molar-refractivity contribution in [3.05, 3.63) is 29.8 Å². The molecule has 1 N–H and O–H groups in total. The highest BCUT2D eigenvalue weighted by atomic mass is 32.2. The molecule has 0 bridgehead atoms. The second kappa shape index (κ2) is 7.76. The summed E-state index contributed by atoms with van der Waals surface area (Å²) in [4.78, 5) is 0. The summed E-state index contributed by atoms with van der Waals surface area (Å²) >= 11 is 1.49. The van der Waals surface area contributed by atoms with Crippen LogP contribution in [0.4, 0.5) is 0 Å². The summed E-state index contributed by atoms with van der Waals surface area (Å²) in [5.74, 6) is 1.37. The molecular formula is C16H23N3O2S. The second-order valence-electron chi connectivity index (χ2n) is 5.58. The van der Waals surface area contributed by atoms with Crippen LogP contribution >= 0.6 is 11.8 Å². The number of thioether (sulfide) groups is 1. The molecule has 1 unspecified atom stereocenters. The molecule has 1 aromatic heterocycles. The van der Waals surface area contributed by atoms with Crippen molar-refractivity contribution in [2.24, 2.45) is 7.05 Å². The molecule has 0 amide bonds. The minimum Gasteiger partial charge on any atom is -0.390 e. The molecule has 5 nitrogen and oxygen atoms in total. The van der Waals surface area contributed by atoms with Gasteiger partial charge < -0.3 is 14.4 Å². The highest BCUT2D eigenvalue weighted by Gasteiger charge is 2.13. The fourth-order valence-corrected chi connectivity index (χ4v) is 2.81. The molecule has 1 atom stereocenters. The van der Waals surface area contributed by atoms with Crippen LogP contribution in [0.1, 0.15) is 19.4 Å². The number of hydrogen-bond donors (Lipinski definition) is 1. The van der Waals surface area contributed by atoms with E-state index >= 15 is 0 Å². The summed E-state index contributed by atoms with van der Waals surface area (Å²) in [7, 11) is 1.94. The second-order valence-corrected chi connectivity index (χ2v) is 6.57. The van der Waals surface area contributed by atoms with Crippen molar-refractivity contribution in [1.82, 2.24) is 14.8 Å². The first-order valence-electron chi connectivity index (χ1n) is 7.36. The average molecular weight is 321 g/mol. The Morgan fingerprint density at radius 1 is 1.32 bits per heavy atom. The molecule has 2 rings (SSSR count). The molecule has 0 saturated heterocycles. The molecule has 1 heterocycles.